The first-order valence-electron chi connectivity index (χ1n) is 5.24. The molecule has 0 bridgehead atoms. The summed E-state index contributed by atoms with van der Waals surface area (Å²) < 4.78 is 0. The van der Waals surface area contributed by atoms with Gasteiger partial charge < -0.3 is 15.1 Å². The molecule has 0 unspecified atom stereocenters. The standard InChI is InChI=1S/C12H13NO5/c14-10(6-9-4-2-1-3-5-9)13(7-11(15)16)8-12(17)18/h1-5H,6-8H2,(H,15,16)(H,17,18). The molecular formula is C12H13NO5. The number of carbonyl (C=O) groups excluding carboxylic acids is 1. The number of hydrogen-bond donors (Lipinski definition) is 2. The van der Waals surface area contributed by atoms with Crippen molar-refractivity contribution in [2.75, 3.05) is 13.1 Å². The molecule has 0 fully saturated rings. The predicted octanol–water partition coefficient (Wildman–Crippen LogP) is 0.227. The van der Waals surface area contributed by atoms with E-state index in [4.69, 9.17) is 10.2 Å². The summed E-state index contributed by atoms with van der Waals surface area (Å²) in [5.41, 5.74) is 0.711. The second-order valence-electron chi connectivity index (χ2n) is 3.70. The Morgan fingerprint density at radius 3 is 1.89 bits per heavy atom. The van der Waals surface area contributed by atoms with Crippen LogP contribution in [0.15, 0.2) is 30.3 Å². The lowest BCUT2D eigenvalue weighted by atomic mass is 10.1. The Labute approximate surface area is 103 Å². The second kappa shape index (κ2) is 6.39. The van der Waals surface area contributed by atoms with Crippen LogP contribution in [0.5, 0.6) is 0 Å². The minimum Gasteiger partial charge on any atom is -0.480 e. The van der Waals surface area contributed by atoms with Gasteiger partial charge in [0.05, 0.1) is 6.42 Å². The number of nitrogens with zero attached hydrogens (tertiary/aromatic N) is 1. The zero-order valence-corrected chi connectivity index (χ0v) is 9.57. The van der Waals surface area contributed by atoms with Crippen LogP contribution in [0.2, 0.25) is 0 Å². The summed E-state index contributed by atoms with van der Waals surface area (Å²) in [6.45, 7) is -1.23. The van der Waals surface area contributed by atoms with Gasteiger partial charge in [-0.2, -0.15) is 0 Å². The molecule has 6 heteroatoms. The number of hydrogen-bond acceptors (Lipinski definition) is 3. The normalized spacial score (nSPS) is 9.78. The van der Waals surface area contributed by atoms with Gasteiger partial charge in [0.15, 0.2) is 0 Å². The van der Waals surface area contributed by atoms with E-state index in [0.29, 0.717) is 5.56 Å². The Bertz CT molecular complexity index is 427. The highest BCUT2D eigenvalue weighted by Crippen LogP contribution is 2.03. The predicted molar refractivity (Wildman–Crippen MR) is 62.0 cm³/mol. The van der Waals surface area contributed by atoms with Crippen molar-refractivity contribution < 1.29 is 24.6 Å². The molecule has 1 amide bonds. The molecule has 0 atom stereocenters. The summed E-state index contributed by atoms with van der Waals surface area (Å²) in [4.78, 5) is 33.7. The zero-order valence-electron chi connectivity index (χ0n) is 9.57. The van der Waals surface area contributed by atoms with E-state index in [0.717, 1.165) is 4.90 Å². The lowest BCUT2D eigenvalue weighted by molar-refractivity contribution is -0.149. The first-order chi connectivity index (χ1) is 8.49. The molecule has 6 nitrogen and oxygen atoms in total. The van der Waals surface area contributed by atoms with Gasteiger partial charge in [-0.25, -0.2) is 0 Å². The summed E-state index contributed by atoms with van der Waals surface area (Å²) in [6.07, 6.45) is -0.0125. The molecule has 96 valence electrons. The zero-order chi connectivity index (χ0) is 13.5. The SMILES string of the molecule is O=C(O)CN(CC(=O)O)C(=O)Cc1ccccc1. The topological polar surface area (TPSA) is 94.9 Å². The number of carbonyl (C=O) groups is 3. The van der Waals surface area contributed by atoms with Crippen LogP contribution < -0.4 is 0 Å². The molecule has 0 radical (unpaired) electrons. The molecular weight excluding hydrogens is 238 g/mol. The van der Waals surface area contributed by atoms with Gasteiger partial charge in [-0.15, -0.1) is 0 Å². The van der Waals surface area contributed by atoms with E-state index in [2.05, 4.69) is 0 Å². The molecule has 0 aliphatic heterocycles. The van der Waals surface area contributed by atoms with Crippen molar-refractivity contribution >= 4 is 17.8 Å². The van der Waals surface area contributed by atoms with Gasteiger partial charge in [0, 0.05) is 0 Å². The first-order valence-corrected chi connectivity index (χ1v) is 5.24. The maximum atomic E-state index is 11.8. The van der Waals surface area contributed by atoms with Crippen molar-refractivity contribution in [1.29, 1.82) is 0 Å². The number of amides is 1. The highest BCUT2D eigenvalue weighted by atomic mass is 16.4. The van der Waals surface area contributed by atoms with E-state index in [1.807, 2.05) is 0 Å². The number of carboxylic acid groups (broad SMARTS) is 2. The third-order valence-corrected chi connectivity index (χ3v) is 2.20. The van der Waals surface area contributed by atoms with Gasteiger partial charge in [0.1, 0.15) is 13.1 Å². The number of benzene rings is 1. The molecule has 1 aromatic rings. The van der Waals surface area contributed by atoms with E-state index in [1.165, 1.54) is 0 Å². The third kappa shape index (κ3) is 4.65. The van der Waals surface area contributed by atoms with Crippen LogP contribution in [-0.2, 0) is 20.8 Å². The molecule has 0 aliphatic rings. The molecule has 0 spiro atoms. The summed E-state index contributed by atoms with van der Waals surface area (Å²) in [5.74, 6) is -3.00. The van der Waals surface area contributed by atoms with E-state index < -0.39 is 30.9 Å². The van der Waals surface area contributed by atoms with Gasteiger partial charge >= 0.3 is 11.9 Å². The van der Waals surface area contributed by atoms with E-state index in [-0.39, 0.29) is 6.42 Å². The molecule has 0 heterocycles. The third-order valence-electron chi connectivity index (χ3n) is 2.20. The fourth-order valence-corrected chi connectivity index (χ4v) is 1.44. The molecule has 0 aromatic heterocycles. The monoisotopic (exact) mass is 251 g/mol. The van der Waals surface area contributed by atoms with E-state index in [1.54, 1.807) is 30.3 Å². The highest BCUT2D eigenvalue weighted by Gasteiger charge is 2.19. The van der Waals surface area contributed by atoms with E-state index in [9.17, 15) is 14.4 Å². The minimum absolute atomic E-state index is 0.0125. The maximum absolute atomic E-state index is 11.8. The van der Waals surface area contributed by atoms with Crippen LogP contribution in [0.25, 0.3) is 0 Å². The molecule has 18 heavy (non-hydrogen) atoms. The van der Waals surface area contributed by atoms with Crippen molar-refractivity contribution in [3.05, 3.63) is 35.9 Å². The van der Waals surface area contributed by atoms with E-state index >= 15 is 0 Å². The Hall–Kier alpha value is -2.37. The lowest BCUT2D eigenvalue weighted by Gasteiger charge is -2.18. The highest BCUT2D eigenvalue weighted by molar-refractivity contribution is 5.86. The number of aliphatic carboxylic acids is 2. The molecule has 0 saturated carbocycles. The van der Waals surface area contributed by atoms with Crippen LogP contribution in [0.1, 0.15) is 5.56 Å². The van der Waals surface area contributed by atoms with Gasteiger partial charge in [-0.05, 0) is 5.56 Å². The Morgan fingerprint density at radius 1 is 0.944 bits per heavy atom. The first kappa shape index (κ1) is 13.7. The van der Waals surface area contributed by atoms with Crippen molar-refractivity contribution in [3.63, 3.8) is 0 Å². The quantitative estimate of drug-likeness (QED) is 0.754. The average Bonchev–Trinajstić information content (AvgIpc) is 2.28. The van der Waals surface area contributed by atoms with Crippen LogP contribution in [0, 0.1) is 0 Å². The van der Waals surface area contributed by atoms with Crippen LogP contribution in [0.4, 0.5) is 0 Å². The molecule has 1 rings (SSSR count). The van der Waals surface area contributed by atoms with Crippen molar-refractivity contribution in [3.8, 4) is 0 Å². The minimum atomic E-state index is -1.24. The van der Waals surface area contributed by atoms with Gasteiger partial charge in [-0.1, -0.05) is 30.3 Å². The number of carboxylic acids is 2. The van der Waals surface area contributed by atoms with Crippen molar-refractivity contribution in [2.45, 2.75) is 6.42 Å². The van der Waals surface area contributed by atoms with Crippen molar-refractivity contribution in [2.24, 2.45) is 0 Å². The number of rotatable bonds is 6. The Balaban J connectivity index is 2.69. The maximum Gasteiger partial charge on any atom is 0.323 e. The van der Waals surface area contributed by atoms with Crippen LogP contribution in [-0.4, -0.2) is 46.0 Å². The van der Waals surface area contributed by atoms with Gasteiger partial charge in [0.2, 0.25) is 5.91 Å². The fraction of sp³-hybridized carbons (Fsp3) is 0.250. The second-order valence-corrected chi connectivity index (χ2v) is 3.70. The summed E-state index contributed by atoms with van der Waals surface area (Å²) >= 11 is 0. The van der Waals surface area contributed by atoms with Crippen molar-refractivity contribution in [1.82, 2.24) is 4.90 Å². The van der Waals surface area contributed by atoms with Crippen LogP contribution >= 0.6 is 0 Å². The summed E-state index contributed by atoms with van der Waals surface area (Å²) in [7, 11) is 0. The molecule has 0 aliphatic carbocycles. The summed E-state index contributed by atoms with van der Waals surface area (Å²) in [6, 6.07) is 8.73. The lowest BCUT2D eigenvalue weighted by Crippen LogP contribution is -2.40. The largest absolute Gasteiger partial charge is 0.480 e. The fourth-order valence-electron chi connectivity index (χ4n) is 1.44. The molecule has 2 N–H and O–H groups in total. The molecule has 1 aromatic carbocycles. The van der Waals surface area contributed by atoms with Gasteiger partial charge in [-0.3, -0.25) is 14.4 Å². The van der Waals surface area contributed by atoms with Gasteiger partial charge in [0.25, 0.3) is 0 Å². The molecule has 0 saturated heterocycles. The Kier molecular flexibility index (Phi) is 4.86. The summed E-state index contributed by atoms with van der Waals surface area (Å²) in [5, 5.41) is 17.2. The van der Waals surface area contributed by atoms with Crippen LogP contribution in [0.3, 0.4) is 0 Å². The Morgan fingerprint density at radius 2 is 1.44 bits per heavy atom. The average molecular weight is 251 g/mol. The smallest absolute Gasteiger partial charge is 0.323 e.